The Morgan fingerprint density at radius 3 is 2.60 bits per heavy atom. The lowest BCUT2D eigenvalue weighted by Crippen LogP contribution is -2.32. The van der Waals surface area contributed by atoms with Crippen LogP contribution in [0.3, 0.4) is 0 Å². The van der Waals surface area contributed by atoms with E-state index in [1.54, 1.807) is 0 Å². The van der Waals surface area contributed by atoms with Gasteiger partial charge in [0.15, 0.2) is 5.96 Å². The third kappa shape index (κ3) is 4.85. The average molecular weight is 381 g/mol. The number of rotatable bonds is 4. The summed E-state index contributed by atoms with van der Waals surface area (Å²) < 4.78 is 0. The van der Waals surface area contributed by atoms with E-state index in [-0.39, 0.29) is 24.0 Å². The molecule has 0 saturated carbocycles. The van der Waals surface area contributed by atoms with Crippen LogP contribution in [0.1, 0.15) is 12.5 Å². The predicted molar refractivity (Wildman–Crippen MR) is 97.5 cm³/mol. The van der Waals surface area contributed by atoms with Crippen molar-refractivity contribution in [3.05, 3.63) is 60.2 Å². The molecule has 3 nitrogen and oxygen atoms in total. The fourth-order valence-corrected chi connectivity index (χ4v) is 1.81. The SMILES string of the molecule is C=C(C)CNC(N)=NCc1ccc2ccccc2c1.I. The van der Waals surface area contributed by atoms with Crippen LogP contribution >= 0.6 is 24.0 Å². The van der Waals surface area contributed by atoms with Crippen molar-refractivity contribution in [2.75, 3.05) is 6.54 Å². The van der Waals surface area contributed by atoms with Crippen LogP contribution in [0.5, 0.6) is 0 Å². The summed E-state index contributed by atoms with van der Waals surface area (Å²) in [6, 6.07) is 14.6. The summed E-state index contributed by atoms with van der Waals surface area (Å²) in [5.41, 5.74) is 7.96. The largest absolute Gasteiger partial charge is 0.370 e. The highest BCUT2D eigenvalue weighted by Gasteiger charge is 1.96. The Kier molecular flexibility index (Phi) is 6.51. The van der Waals surface area contributed by atoms with E-state index in [4.69, 9.17) is 5.73 Å². The highest BCUT2D eigenvalue weighted by molar-refractivity contribution is 14.0. The molecule has 3 N–H and O–H groups in total. The highest BCUT2D eigenvalue weighted by atomic mass is 127. The van der Waals surface area contributed by atoms with Crippen LogP contribution in [0, 0.1) is 0 Å². The highest BCUT2D eigenvalue weighted by Crippen LogP contribution is 2.15. The smallest absolute Gasteiger partial charge is 0.189 e. The van der Waals surface area contributed by atoms with Crippen molar-refractivity contribution in [2.24, 2.45) is 10.7 Å². The third-order valence-electron chi connectivity index (χ3n) is 2.82. The predicted octanol–water partition coefficient (Wildman–Crippen LogP) is 3.44. The van der Waals surface area contributed by atoms with Crippen molar-refractivity contribution in [2.45, 2.75) is 13.5 Å². The lowest BCUT2D eigenvalue weighted by molar-refractivity contribution is 0.941. The van der Waals surface area contributed by atoms with E-state index >= 15 is 0 Å². The second kappa shape index (κ2) is 7.89. The van der Waals surface area contributed by atoms with E-state index < -0.39 is 0 Å². The minimum Gasteiger partial charge on any atom is -0.370 e. The van der Waals surface area contributed by atoms with Crippen LogP contribution < -0.4 is 11.1 Å². The number of hydrogen-bond acceptors (Lipinski definition) is 1. The molecule has 2 rings (SSSR count). The van der Waals surface area contributed by atoms with Gasteiger partial charge >= 0.3 is 0 Å². The van der Waals surface area contributed by atoms with Crippen LogP contribution in [0.15, 0.2) is 59.6 Å². The van der Waals surface area contributed by atoms with Gasteiger partial charge in [0.05, 0.1) is 6.54 Å². The zero-order chi connectivity index (χ0) is 13.7. The van der Waals surface area contributed by atoms with Gasteiger partial charge in [-0.3, -0.25) is 0 Å². The molecule has 0 bridgehead atoms. The van der Waals surface area contributed by atoms with E-state index in [0.29, 0.717) is 19.0 Å². The molecule has 0 spiro atoms. The summed E-state index contributed by atoms with van der Waals surface area (Å²) in [6.07, 6.45) is 0. The molecule has 0 atom stereocenters. The van der Waals surface area contributed by atoms with Crippen molar-refractivity contribution >= 4 is 40.7 Å². The van der Waals surface area contributed by atoms with Crippen LogP contribution in [0.4, 0.5) is 0 Å². The summed E-state index contributed by atoms with van der Waals surface area (Å²) in [5, 5.41) is 5.48. The summed E-state index contributed by atoms with van der Waals surface area (Å²) in [5.74, 6) is 0.455. The van der Waals surface area contributed by atoms with Crippen molar-refractivity contribution in [3.8, 4) is 0 Å². The van der Waals surface area contributed by atoms with Gasteiger partial charge in [-0.05, 0) is 29.3 Å². The molecule has 0 radical (unpaired) electrons. The molecular formula is C16H20IN3. The number of fused-ring (bicyclic) bond motifs is 1. The minimum absolute atomic E-state index is 0. The molecule has 0 aliphatic heterocycles. The van der Waals surface area contributed by atoms with E-state index in [9.17, 15) is 0 Å². The second-order valence-corrected chi connectivity index (χ2v) is 4.69. The normalized spacial score (nSPS) is 10.9. The summed E-state index contributed by atoms with van der Waals surface area (Å²) >= 11 is 0. The fraction of sp³-hybridized carbons (Fsp3) is 0.188. The molecule has 106 valence electrons. The van der Waals surface area contributed by atoms with Gasteiger partial charge in [0.2, 0.25) is 0 Å². The summed E-state index contributed by atoms with van der Waals surface area (Å²) in [7, 11) is 0. The van der Waals surface area contributed by atoms with E-state index in [2.05, 4.69) is 47.2 Å². The van der Waals surface area contributed by atoms with Gasteiger partial charge < -0.3 is 11.1 Å². The number of hydrogen-bond donors (Lipinski definition) is 2. The first-order valence-electron chi connectivity index (χ1n) is 6.31. The molecule has 4 heteroatoms. The van der Waals surface area contributed by atoms with Gasteiger partial charge in [-0.1, -0.05) is 48.6 Å². The number of benzene rings is 2. The van der Waals surface area contributed by atoms with Gasteiger partial charge in [0.1, 0.15) is 0 Å². The molecule has 0 fully saturated rings. The van der Waals surface area contributed by atoms with Crippen LogP contribution in [0.25, 0.3) is 10.8 Å². The monoisotopic (exact) mass is 381 g/mol. The Labute approximate surface area is 137 Å². The van der Waals surface area contributed by atoms with Gasteiger partial charge in [0.25, 0.3) is 0 Å². The van der Waals surface area contributed by atoms with Gasteiger partial charge in [-0.2, -0.15) is 0 Å². The topological polar surface area (TPSA) is 50.4 Å². The van der Waals surface area contributed by atoms with Crippen LogP contribution in [-0.2, 0) is 6.54 Å². The van der Waals surface area contributed by atoms with Gasteiger partial charge in [-0.15, -0.1) is 24.0 Å². The van der Waals surface area contributed by atoms with Crippen molar-refractivity contribution in [1.82, 2.24) is 5.32 Å². The maximum absolute atomic E-state index is 5.78. The first kappa shape index (κ1) is 16.5. The lowest BCUT2D eigenvalue weighted by atomic mass is 10.1. The van der Waals surface area contributed by atoms with Crippen molar-refractivity contribution in [3.63, 3.8) is 0 Å². The molecule has 20 heavy (non-hydrogen) atoms. The first-order valence-corrected chi connectivity index (χ1v) is 6.31. The Morgan fingerprint density at radius 1 is 1.20 bits per heavy atom. The maximum Gasteiger partial charge on any atom is 0.189 e. The summed E-state index contributed by atoms with van der Waals surface area (Å²) in [4.78, 5) is 4.32. The Hall–Kier alpha value is -1.56. The first-order chi connectivity index (χ1) is 9.15. The molecule has 0 saturated heterocycles. The third-order valence-corrected chi connectivity index (χ3v) is 2.82. The molecule has 0 heterocycles. The second-order valence-electron chi connectivity index (χ2n) is 4.69. The molecule has 2 aromatic carbocycles. The number of halogens is 1. The van der Waals surface area contributed by atoms with E-state index in [1.807, 2.05) is 19.1 Å². The number of nitrogens with two attached hydrogens (primary N) is 1. The standard InChI is InChI=1S/C16H19N3.HI/c1-12(2)10-18-16(17)19-11-13-7-8-14-5-3-4-6-15(14)9-13;/h3-9H,1,10-11H2,2H3,(H3,17,18,19);1H. The number of aliphatic imine (C=N–C) groups is 1. The summed E-state index contributed by atoms with van der Waals surface area (Å²) in [6.45, 7) is 7.00. The zero-order valence-electron chi connectivity index (χ0n) is 11.6. The Morgan fingerprint density at radius 2 is 1.90 bits per heavy atom. The molecule has 2 aromatic rings. The van der Waals surface area contributed by atoms with Gasteiger partial charge in [0, 0.05) is 6.54 Å². The molecular weight excluding hydrogens is 361 g/mol. The van der Waals surface area contributed by atoms with Crippen LogP contribution in [0.2, 0.25) is 0 Å². The molecule has 0 aliphatic rings. The number of nitrogens with one attached hydrogen (secondary N) is 1. The molecule has 0 aliphatic carbocycles. The minimum atomic E-state index is 0. The Bertz CT molecular complexity index is 620. The number of nitrogens with zero attached hydrogens (tertiary/aromatic N) is 1. The van der Waals surface area contributed by atoms with E-state index in [1.165, 1.54) is 10.8 Å². The van der Waals surface area contributed by atoms with Crippen molar-refractivity contribution < 1.29 is 0 Å². The Balaban J connectivity index is 0.00000200. The zero-order valence-corrected chi connectivity index (χ0v) is 13.9. The fourth-order valence-electron chi connectivity index (χ4n) is 1.81. The average Bonchev–Trinajstić information content (AvgIpc) is 2.42. The van der Waals surface area contributed by atoms with Crippen molar-refractivity contribution in [1.29, 1.82) is 0 Å². The van der Waals surface area contributed by atoms with Crippen LogP contribution in [-0.4, -0.2) is 12.5 Å². The molecule has 0 aromatic heterocycles. The number of guanidine groups is 1. The van der Waals surface area contributed by atoms with Gasteiger partial charge in [-0.25, -0.2) is 4.99 Å². The maximum atomic E-state index is 5.78. The molecule has 0 unspecified atom stereocenters. The lowest BCUT2D eigenvalue weighted by Gasteiger charge is -2.05. The molecule has 0 amide bonds. The van der Waals surface area contributed by atoms with E-state index in [0.717, 1.165) is 11.1 Å². The quantitative estimate of drug-likeness (QED) is 0.369.